The van der Waals surface area contributed by atoms with E-state index in [0.29, 0.717) is 13.2 Å². The summed E-state index contributed by atoms with van der Waals surface area (Å²) in [5.41, 5.74) is 2.99. The lowest BCUT2D eigenvalue weighted by atomic mass is 10.1. The Labute approximate surface area is 141 Å². The first-order valence-corrected chi connectivity index (χ1v) is 8.34. The summed E-state index contributed by atoms with van der Waals surface area (Å²) in [5, 5.41) is 0. The molecule has 2 aliphatic rings. The van der Waals surface area contributed by atoms with Crippen LogP contribution in [0.5, 0.6) is 5.75 Å². The SMILES string of the molecule is Fc1cc2c(c(CN3CCN(c4ccccc4)CC3)c1)OCOC2. The van der Waals surface area contributed by atoms with Gasteiger partial charge in [0.1, 0.15) is 11.6 Å². The zero-order valence-corrected chi connectivity index (χ0v) is 13.6. The van der Waals surface area contributed by atoms with Crippen molar-refractivity contribution in [2.75, 3.05) is 37.9 Å². The van der Waals surface area contributed by atoms with Gasteiger partial charge in [-0.15, -0.1) is 0 Å². The zero-order valence-electron chi connectivity index (χ0n) is 13.6. The predicted molar refractivity (Wildman–Crippen MR) is 90.6 cm³/mol. The second kappa shape index (κ2) is 6.79. The van der Waals surface area contributed by atoms with Gasteiger partial charge in [-0.25, -0.2) is 4.39 Å². The van der Waals surface area contributed by atoms with Crippen molar-refractivity contribution >= 4 is 5.69 Å². The lowest BCUT2D eigenvalue weighted by molar-refractivity contribution is -0.0177. The number of halogens is 1. The Morgan fingerprint density at radius 3 is 2.58 bits per heavy atom. The van der Waals surface area contributed by atoms with E-state index < -0.39 is 0 Å². The summed E-state index contributed by atoms with van der Waals surface area (Å²) in [7, 11) is 0. The Balaban J connectivity index is 1.43. The minimum Gasteiger partial charge on any atom is -0.467 e. The Hall–Kier alpha value is -2.11. The molecule has 0 unspecified atom stereocenters. The van der Waals surface area contributed by atoms with Crippen molar-refractivity contribution < 1.29 is 13.9 Å². The van der Waals surface area contributed by atoms with Gasteiger partial charge in [0.2, 0.25) is 0 Å². The van der Waals surface area contributed by atoms with Crippen LogP contribution >= 0.6 is 0 Å². The summed E-state index contributed by atoms with van der Waals surface area (Å²) >= 11 is 0. The number of fused-ring (bicyclic) bond motifs is 1. The summed E-state index contributed by atoms with van der Waals surface area (Å²) in [6.07, 6.45) is 0. The molecule has 2 heterocycles. The molecule has 0 atom stereocenters. The zero-order chi connectivity index (χ0) is 16.4. The lowest BCUT2D eigenvalue weighted by Gasteiger charge is -2.36. The number of hydrogen-bond donors (Lipinski definition) is 0. The smallest absolute Gasteiger partial charge is 0.189 e. The highest BCUT2D eigenvalue weighted by Gasteiger charge is 2.21. The number of piperazine rings is 1. The minimum atomic E-state index is -0.222. The van der Waals surface area contributed by atoms with Gasteiger partial charge in [0, 0.05) is 49.5 Å². The molecule has 4 rings (SSSR count). The molecule has 0 bridgehead atoms. The molecule has 4 nitrogen and oxygen atoms in total. The third kappa shape index (κ3) is 3.23. The van der Waals surface area contributed by atoms with Crippen LogP contribution in [0.1, 0.15) is 11.1 Å². The Morgan fingerprint density at radius 2 is 1.79 bits per heavy atom. The highest BCUT2D eigenvalue weighted by molar-refractivity contribution is 5.46. The maximum Gasteiger partial charge on any atom is 0.189 e. The van der Waals surface area contributed by atoms with E-state index in [4.69, 9.17) is 9.47 Å². The van der Waals surface area contributed by atoms with Gasteiger partial charge in [-0.05, 0) is 24.3 Å². The standard InChI is InChI=1S/C19H21FN2O2/c20-17-10-15(19-16(11-17)13-23-14-24-19)12-21-6-8-22(9-7-21)18-4-2-1-3-5-18/h1-5,10-11H,6-9,12-14H2. The summed E-state index contributed by atoms with van der Waals surface area (Å²) < 4.78 is 24.7. The van der Waals surface area contributed by atoms with Crippen LogP contribution in [0.25, 0.3) is 0 Å². The molecule has 0 aromatic heterocycles. The number of ether oxygens (including phenoxy) is 2. The number of benzene rings is 2. The Bertz CT molecular complexity index is 700. The quantitative estimate of drug-likeness (QED) is 0.865. The first kappa shape index (κ1) is 15.4. The maximum absolute atomic E-state index is 13.9. The molecule has 24 heavy (non-hydrogen) atoms. The second-order valence-electron chi connectivity index (χ2n) is 6.26. The van der Waals surface area contributed by atoms with E-state index in [9.17, 15) is 4.39 Å². The average Bonchev–Trinajstić information content (AvgIpc) is 2.63. The fourth-order valence-corrected chi connectivity index (χ4v) is 3.42. The third-order valence-corrected chi connectivity index (χ3v) is 4.64. The van der Waals surface area contributed by atoms with Crippen molar-refractivity contribution in [1.82, 2.24) is 4.90 Å². The molecule has 126 valence electrons. The highest BCUT2D eigenvalue weighted by Crippen LogP contribution is 2.30. The van der Waals surface area contributed by atoms with Gasteiger partial charge >= 0.3 is 0 Å². The fourth-order valence-electron chi connectivity index (χ4n) is 3.42. The van der Waals surface area contributed by atoms with Crippen molar-refractivity contribution in [2.45, 2.75) is 13.2 Å². The third-order valence-electron chi connectivity index (χ3n) is 4.64. The van der Waals surface area contributed by atoms with E-state index in [1.165, 1.54) is 11.8 Å². The van der Waals surface area contributed by atoms with E-state index in [1.807, 2.05) is 6.07 Å². The van der Waals surface area contributed by atoms with Crippen LogP contribution < -0.4 is 9.64 Å². The highest BCUT2D eigenvalue weighted by atomic mass is 19.1. The number of rotatable bonds is 3. The normalized spacial score (nSPS) is 18.1. The summed E-state index contributed by atoms with van der Waals surface area (Å²) in [6, 6.07) is 13.6. The fraction of sp³-hybridized carbons (Fsp3) is 0.368. The summed E-state index contributed by atoms with van der Waals surface area (Å²) in [5.74, 6) is 0.578. The van der Waals surface area contributed by atoms with Gasteiger partial charge in [0.05, 0.1) is 6.61 Å². The number of anilines is 1. The maximum atomic E-state index is 13.9. The van der Waals surface area contributed by atoms with Gasteiger partial charge in [0.15, 0.2) is 6.79 Å². The predicted octanol–water partition coefficient (Wildman–Crippen LogP) is 3.01. The van der Waals surface area contributed by atoms with Crippen LogP contribution in [-0.2, 0) is 17.9 Å². The van der Waals surface area contributed by atoms with E-state index >= 15 is 0 Å². The molecule has 2 aromatic carbocycles. The van der Waals surface area contributed by atoms with Crippen molar-refractivity contribution in [3.63, 3.8) is 0 Å². The van der Waals surface area contributed by atoms with Crippen LogP contribution in [0.4, 0.5) is 10.1 Å². The van der Waals surface area contributed by atoms with Crippen molar-refractivity contribution in [3.05, 3.63) is 59.4 Å². The van der Waals surface area contributed by atoms with E-state index in [1.54, 1.807) is 6.07 Å². The molecular formula is C19H21FN2O2. The first-order valence-electron chi connectivity index (χ1n) is 8.34. The summed E-state index contributed by atoms with van der Waals surface area (Å²) in [4.78, 5) is 4.75. The van der Waals surface area contributed by atoms with Crippen LogP contribution in [0, 0.1) is 5.82 Å². The molecule has 0 radical (unpaired) electrons. The molecule has 0 saturated carbocycles. The summed E-state index contributed by atoms with van der Waals surface area (Å²) in [6.45, 7) is 5.24. The molecule has 2 aliphatic heterocycles. The Kier molecular flexibility index (Phi) is 4.36. The van der Waals surface area contributed by atoms with Gasteiger partial charge in [0.25, 0.3) is 0 Å². The van der Waals surface area contributed by atoms with Crippen molar-refractivity contribution in [2.24, 2.45) is 0 Å². The van der Waals surface area contributed by atoms with Crippen LogP contribution in [-0.4, -0.2) is 37.9 Å². The Morgan fingerprint density at radius 1 is 1.00 bits per heavy atom. The molecule has 0 N–H and O–H groups in total. The topological polar surface area (TPSA) is 24.9 Å². The van der Waals surface area contributed by atoms with E-state index in [0.717, 1.165) is 43.1 Å². The molecule has 5 heteroatoms. The van der Waals surface area contributed by atoms with Crippen molar-refractivity contribution in [1.29, 1.82) is 0 Å². The number of hydrogen-bond acceptors (Lipinski definition) is 4. The molecular weight excluding hydrogens is 307 g/mol. The average molecular weight is 328 g/mol. The minimum absolute atomic E-state index is 0.222. The van der Waals surface area contributed by atoms with Crippen LogP contribution in [0.2, 0.25) is 0 Å². The van der Waals surface area contributed by atoms with Gasteiger partial charge in [-0.3, -0.25) is 4.90 Å². The molecule has 0 spiro atoms. The molecule has 1 fully saturated rings. The number of para-hydroxylation sites is 1. The second-order valence-corrected chi connectivity index (χ2v) is 6.26. The van der Waals surface area contributed by atoms with Crippen LogP contribution in [0.15, 0.2) is 42.5 Å². The first-order chi connectivity index (χ1) is 11.8. The van der Waals surface area contributed by atoms with Gasteiger partial charge in [-0.1, -0.05) is 18.2 Å². The lowest BCUT2D eigenvalue weighted by Crippen LogP contribution is -2.46. The monoisotopic (exact) mass is 328 g/mol. The largest absolute Gasteiger partial charge is 0.467 e. The van der Waals surface area contributed by atoms with Crippen molar-refractivity contribution in [3.8, 4) is 5.75 Å². The molecule has 1 saturated heterocycles. The van der Waals surface area contributed by atoms with Gasteiger partial charge < -0.3 is 14.4 Å². The number of nitrogens with zero attached hydrogens (tertiary/aromatic N) is 2. The molecule has 2 aromatic rings. The molecule has 0 aliphatic carbocycles. The molecule has 0 amide bonds. The van der Waals surface area contributed by atoms with E-state index in [-0.39, 0.29) is 12.6 Å². The van der Waals surface area contributed by atoms with Gasteiger partial charge in [-0.2, -0.15) is 0 Å². The van der Waals surface area contributed by atoms with E-state index in [2.05, 4.69) is 34.1 Å². The van der Waals surface area contributed by atoms with Crippen LogP contribution in [0.3, 0.4) is 0 Å².